The molecule has 0 saturated heterocycles. The summed E-state index contributed by atoms with van der Waals surface area (Å²) in [5.41, 5.74) is 8.92. The molecule has 4 aromatic rings. The minimum atomic E-state index is -3.59. The second-order valence-corrected chi connectivity index (χ2v) is 13.2. The van der Waals surface area contributed by atoms with Gasteiger partial charge in [0.25, 0.3) is 0 Å². The monoisotopic (exact) mass is 615 g/mol. The van der Waals surface area contributed by atoms with Gasteiger partial charge in [-0.2, -0.15) is 0 Å². The average molecular weight is 616 g/mol. The predicted octanol–water partition coefficient (Wildman–Crippen LogP) is 4.68. The Morgan fingerprint density at radius 2 is 1.86 bits per heavy atom. The lowest BCUT2D eigenvalue weighted by Crippen LogP contribution is -2.35. The first kappa shape index (κ1) is 29.2. The number of nitrogens with one attached hydrogen (secondary N) is 2. The molecule has 2 heterocycles. The Balaban J connectivity index is 1.43. The molecule has 12 heteroatoms. The van der Waals surface area contributed by atoms with Crippen molar-refractivity contribution in [2.24, 2.45) is 0 Å². The number of cyclic esters (lactones) is 1. The second kappa shape index (κ2) is 11.7. The lowest BCUT2D eigenvalue weighted by Gasteiger charge is -2.27. The summed E-state index contributed by atoms with van der Waals surface area (Å²) in [6, 6.07) is 16.6. The Bertz CT molecular complexity index is 1870. The fraction of sp³-hybridized carbons (Fsp3) is 0.281. The van der Waals surface area contributed by atoms with Gasteiger partial charge in [0.15, 0.2) is 9.84 Å². The molecule has 228 valence electrons. The van der Waals surface area contributed by atoms with E-state index in [4.69, 9.17) is 15.2 Å². The number of nitrogen functional groups attached to an aromatic ring is 1. The number of fused-ring (bicyclic) bond motifs is 5. The van der Waals surface area contributed by atoms with E-state index in [0.717, 1.165) is 16.3 Å². The summed E-state index contributed by atoms with van der Waals surface area (Å²) in [5.74, 6) is 0.718. The van der Waals surface area contributed by atoms with Gasteiger partial charge in [0.2, 0.25) is 5.91 Å². The van der Waals surface area contributed by atoms with E-state index in [-0.39, 0.29) is 24.0 Å². The predicted molar refractivity (Wildman–Crippen MR) is 167 cm³/mol. The van der Waals surface area contributed by atoms with Crippen molar-refractivity contribution in [1.29, 1.82) is 0 Å². The molecule has 6 rings (SSSR count). The number of nitrogens with two attached hydrogens (primary N) is 1. The van der Waals surface area contributed by atoms with Crippen molar-refractivity contribution in [3.8, 4) is 5.75 Å². The molecular weight excluding hydrogens is 582 g/mol. The number of hydrogen-bond donors (Lipinski definition) is 3. The fourth-order valence-corrected chi connectivity index (χ4v) is 7.36. The largest absolute Gasteiger partial charge is 0.496 e. The number of benzene rings is 3. The van der Waals surface area contributed by atoms with Crippen LogP contribution in [0.5, 0.6) is 5.75 Å². The molecular formula is C32H33N5O6S. The van der Waals surface area contributed by atoms with E-state index in [9.17, 15) is 18.0 Å². The second-order valence-electron chi connectivity index (χ2n) is 11.1. The van der Waals surface area contributed by atoms with E-state index >= 15 is 0 Å². The molecule has 4 bridgehead atoms. The molecule has 1 atom stereocenters. The number of amides is 2. The summed E-state index contributed by atoms with van der Waals surface area (Å²) in [6.45, 7) is 0.0462. The van der Waals surface area contributed by atoms with Crippen LogP contribution in [0.4, 0.5) is 22.0 Å². The first-order chi connectivity index (χ1) is 21.1. The van der Waals surface area contributed by atoms with E-state index in [0.29, 0.717) is 53.3 Å². The Hall–Kier alpha value is -4.84. The molecule has 11 nitrogen and oxygen atoms in total. The number of nitrogens with zero attached hydrogens (tertiary/aromatic N) is 2. The number of anilines is 3. The number of rotatable bonds is 5. The van der Waals surface area contributed by atoms with Crippen LogP contribution in [0.15, 0.2) is 71.8 Å². The zero-order valence-electron chi connectivity index (χ0n) is 24.4. The van der Waals surface area contributed by atoms with E-state index in [1.54, 1.807) is 38.6 Å². The Morgan fingerprint density at radius 3 is 2.64 bits per heavy atom. The van der Waals surface area contributed by atoms with Crippen LogP contribution in [-0.4, -0.2) is 56.3 Å². The third-order valence-electron chi connectivity index (χ3n) is 7.96. The van der Waals surface area contributed by atoms with Crippen molar-refractivity contribution < 1.29 is 27.5 Å². The van der Waals surface area contributed by atoms with Crippen LogP contribution in [0.1, 0.15) is 35.6 Å². The molecule has 0 spiro atoms. The van der Waals surface area contributed by atoms with Crippen molar-refractivity contribution in [2.45, 2.75) is 42.0 Å². The molecule has 3 aromatic carbocycles. The molecule has 1 saturated carbocycles. The number of methoxy groups -OCH3 is 1. The number of likely N-dealkylation sites (N-methyl/N-ethyl adjacent to an activating group) is 1. The Labute approximate surface area is 255 Å². The van der Waals surface area contributed by atoms with E-state index in [2.05, 4.69) is 15.6 Å². The normalized spacial score (nSPS) is 17.7. The molecule has 1 aliphatic carbocycles. The molecule has 1 fully saturated rings. The Morgan fingerprint density at radius 1 is 1.05 bits per heavy atom. The minimum Gasteiger partial charge on any atom is -0.496 e. The number of aromatic nitrogens is 1. The number of sulfone groups is 1. The van der Waals surface area contributed by atoms with Crippen LogP contribution < -0.4 is 21.1 Å². The topological polar surface area (TPSA) is 153 Å². The van der Waals surface area contributed by atoms with Crippen LogP contribution in [-0.2, 0) is 32.3 Å². The van der Waals surface area contributed by atoms with E-state index < -0.39 is 27.2 Å². The number of ether oxygens (including phenoxy) is 2. The highest BCUT2D eigenvalue weighted by molar-refractivity contribution is 7.92. The first-order valence-electron chi connectivity index (χ1n) is 14.3. The summed E-state index contributed by atoms with van der Waals surface area (Å²) < 4.78 is 37.7. The highest BCUT2D eigenvalue weighted by Gasteiger charge is 2.38. The van der Waals surface area contributed by atoms with Gasteiger partial charge in [-0.3, -0.25) is 10.1 Å². The number of hydrogen-bond acceptors (Lipinski definition) is 9. The highest BCUT2D eigenvalue weighted by Crippen LogP contribution is 2.37. The summed E-state index contributed by atoms with van der Waals surface area (Å²) in [4.78, 5) is 32.7. The Kier molecular flexibility index (Phi) is 7.76. The van der Waals surface area contributed by atoms with Crippen LogP contribution in [0.2, 0.25) is 0 Å². The zero-order valence-corrected chi connectivity index (χ0v) is 25.2. The minimum absolute atomic E-state index is 0.00814. The van der Waals surface area contributed by atoms with Gasteiger partial charge in [0, 0.05) is 43.0 Å². The van der Waals surface area contributed by atoms with Gasteiger partial charge in [-0.1, -0.05) is 6.07 Å². The van der Waals surface area contributed by atoms with Crippen molar-refractivity contribution in [1.82, 2.24) is 9.88 Å². The van der Waals surface area contributed by atoms with Crippen molar-refractivity contribution in [3.05, 3.63) is 83.6 Å². The fourth-order valence-electron chi connectivity index (χ4n) is 5.50. The molecule has 2 aliphatic rings. The molecule has 1 unspecified atom stereocenters. The van der Waals surface area contributed by atoms with E-state index in [1.165, 1.54) is 11.0 Å². The zero-order chi connectivity index (χ0) is 31.0. The van der Waals surface area contributed by atoms with Crippen LogP contribution >= 0.6 is 0 Å². The summed E-state index contributed by atoms with van der Waals surface area (Å²) in [6.07, 6.45) is 2.50. The van der Waals surface area contributed by atoms with Gasteiger partial charge in [-0.05, 0) is 89.5 Å². The van der Waals surface area contributed by atoms with Gasteiger partial charge in [0.1, 0.15) is 17.6 Å². The lowest BCUT2D eigenvalue weighted by atomic mass is 9.99. The van der Waals surface area contributed by atoms with Crippen LogP contribution in [0.3, 0.4) is 0 Å². The van der Waals surface area contributed by atoms with Crippen LogP contribution in [0.25, 0.3) is 10.8 Å². The summed E-state index contributed by atoms with van der Waals surface area (Å²) in [5, 5.41) is 7.28. The van der Waals surface area contributed by atoms with Gasteiger partial charge in [-0.25, -0.2) is 18.2 Å². The summed E-state index contributed by atoms with van der Waals surface area (Å²) >= 11 is 0. The third kappa shape index (κ3) is 5.85. The van der Waals surface area contributed by atoms with Crippen molar-refractivity contribution in [2.75, 3.05) is 37.1 Å². The maximum Gasteiger partial charge on any atom is 0.411 e. The third-order valence-corrected chi connectivity index (χ3v) is 10.3. The molecule has 4 N–H and O–H groups in total. The van der Waals surface area contributed by atoms with E-state index in [1.807, 2.05) is 36.4 Å². The first-order valence-corrected chi connectivity index (χ1v) is 15.8. The SMILES string of the molecule is COc1ccc2cc1CCOC(=O)Nc1ccc(S(=O)(=O)C3CC3)c(c1)CN(C)C(=O)C2Nc1ccc2c(N)nccc2c1. The van der Waals surface area contributed by atoms with Crippen molar-refractivity contribution >= 4 is 49.8 Å². The number of carbonyl (C=O) groups excluding carboxylic acids is 2. The lowest BCUT2D eigenvalue weighted by molar-refractivity contribution is -0.131. The quantitative estimate of drug-likeness (QED) is 0.291. The standard InChI is InChI=1S/C32H33N5O6S/c1-37-18-22-17-24(5-10-28(22)44(40,41)25-6-7-25)36-32(39)43-14-12-20-15-21(3-9-27(20)42-2)29(31(37)38)35-23-4-8-26-19(16-23)11-13-34-30(26)33/h3-5,8-11,13,15-17,25,29,35H,6-7,12,14,18H2,1-2H3,(H2,33,34)(H,36,39). The average Bonchev–Trinajstić information content (AvgIpc) is 3.86. The maximum atomic E-state index is 14.3. The number of pyridine rings is 1. The smallest absolute Gasteiger partial charge is 0.411 e. The summed E-state index contributed by atoms with van der Waals surface area (Å²) in [7, 11) is -0.407. The molecule has 2 amide bonds. The number of carbonyl (C=O) groups is 2. The van der Waals surface area contributed by atoms with Gasteiger partial charge < -0.3 is 25.4 Å². The van der Waals surface area contributed by atoms with Gasteiger partial charge in [0.05, 0.1) is 23.9 Å². The molecule has 44 heavy (non-hydrogen) atoms. The maximum absolute atomic E-state index is 14.3. The van der Waals surface area contributed by atoms with Gasteiger partial charge in [-0.15, -0.1) is 0 Å². The van der Waals surface area contributed by atoms with Crippen LogP contribution in [0, 0.1) is 0 Å². The molecule has 1 aliphatic heterocycles. The molecule has 0 radical (unpaired) electrons. The highest BCUT2D eigenvalue weighted by atomic mass is 32.2. The van der Waals surface area contributed by atoms with Gasteiger partial charge >= 0.3 is 6.09 Å². The van der Waals surface area contributed by atoms with Crippen molar-refractivity contribution in [3.63, 3.8) is 0 Å². The molecule has 1 aromatic heterocycles.